The molecule has 0 saturated carbocycles. The first-order chi connectivity index (χ1) is 20.0. The molecule has 0 bridgehead atoms. The summed E-state index contributed by atoms with van der Waals surface area (Å²) in [4.78, 5) is 80.4. The molecule has 0 fully saturated rings. The van der Waals surface area contributed by atoms with Gasteiger partial charge < -0.3 is 63.8 Å². The van der Waals surface area contributed by atoms with E-state index >= 15 is 0 Å². The topological polar surface area (TPSA) is 409 Å². The summed E-state index contributed by atoms with van der Waals surface area (Å²) >= 11 is 0. The monoisotopic (exact) mass is 652 g/mol. The molecule has 0 aromatic heterocycles. The third-order valence-corrected chi connectivity index (χ3v) is 2.50. The highest BCUT2D eigenvalue weighted by Gasteiger charge is 2.18. The van der Waals surface area contributed by atoms with Crippen LogP contribution in [0.3, 0.4) is 0 Å². The zero-order valence-electron chi connectivity index (χ0n) is 25.1. The van der Waals surface area contributed by atoms with Gasteiger partial charge in [-0.3, -0.25) is 48.2 Å². The first-order valence-corrected chi connectivity index (χ1v) is 11.9. The number of carboxylic acid groups (broad SMARTS) is 8. The smallest absolute Gasteiger partial charge is 0.317 e. The number of aliphatic carboxylic acids is 8. The standard InChI is InChI=1S/C10H16N2O8.2C2H8N2.4C2H4O2/c13-7(14)3-11(4-8(15)16)1-2-12(5-9(17)18)6-10(19)20;2*3-1-2-4;4*1-2(3)4/h1-6H2,(H,13,14)(H,15,16)(H,17,18)(H,19,20);2*1-4H2;4*1H3,(H,3,4). The van der Waals surface area contributed by atoms with Crippen LogP contribution in [-0.4, -0.2) is 164 Å². The second kappa shape index (κ2) is 43.0. The van der Waals surface area contributed by atoms with Gasteiger partial charge in [-0.25, -0.2) is 0 Å². The molecule has 0 aromatic carbocycles. The molecule has 0 radical (unpaired) electrons. The van der Waals surface area contributed by atoms with Crippen molar-refractivity contribution in [3.63, 3.8) is 0 Å². The van der Waals surface area contributed by atoms with E-state index in [1.54, 1.807) is 0 Å². The SMILES string of the molecule is CC(=O)O.CC(=O)O.CC(=O)O.CC(=O)O.NCCN.NCCN.O=C(O)CN(CCN(CC(=O)O)CC(=O)O)CC(=O)O. The highest BCUT2D eigenvalue weighted by atomic mass is 16.4. The Morgan fingerprint density at radius 3 is 0.568 bits per heavy atom. The average Bonchev–Trinajstić information content (AvgIpc) is 2.80. The number of carbonyl (C=O) groups is 8. The zero-order valence-corrected chi connectivity index (χ0v) is 25.1. The van der Waals surface area contributed by atoms with Crippen LogP contribution >= 0.6 is 0 Å². The van der Waals surface area contributed by atoms with Crippen molar-refractivity contribution in [1.82, 2.24) is 9.80 Å². The molecule has 22 nitrogen and oxygen atoms in total. The van der Waals surface area contributed by atoms with Crippen molar-refractivity contribution in [2.75, 3.05) is 65.4 Å². The van der Waals surface area contributed by atoms with Gasteiger partial charge in [0.05, 0.1) is 26.2 Å². The van der Waals surface area contributed by atoms with E-state index in [4.69, 9.17) is 83.0 Å². The van der Waals surface area contributed by atoms with Crippen LogP contribution in [0.25, 0.3) is 0 Å². The number of rotatable bonds is 13. The van der Waals surface area contributed by atoms with Crippen molar-refractivity contribution in [2.45, 2.75) is 27.7 Å². The molecule has 16 N–H and O–H groups in total. The van der Waals surface area contributed by atoms with Gasteiger partial charge in [0, 0.05) is 67.0 Å². The molecule has 22 heteroatoms. The molecule has 0 aliphatic heterocycles. The lowest BCUT2D eigenvalue weighted by Crippen LogP contribution is -2.43. The number of carboxylic acids is 8. The van der Waals surface area contributed by atoms with E-state index in [9.17, 15) is 19.2 Å². The molecular weight excluding hydrogens is 604 g/mol. The number of nitrogens with zero attached hydrogens (tertiary/aromatic N) is 2. The van der Waals surface area contributed by atoms with Gasteiger partial charge in [-0.2, -0.15) is 0 Å². The van der Waals surface area contributed by atoms with E-state index in [1.165, 1.54) is 0 Å². The molecule has 0 rings (SSSR count). The quantitative estimate of drug-likeness (QED) is 0.0903. The van der Waals surface area contributed by atoms with Gasteiger partial charge in [0.1, 0.15) is 0 Å². The highest BCUT2D eigenvalue weighted by Crippen LogP contribution is 1.94. The van der Waals surface area contributed by atoms with Crippen molar-refractivity contribution in [3.8, 4) is 0 Å². The minimum Gasteiger partial charge on any atom is -0.481 e. The van der Waals surface area contributed by atoms with Crippen molar-refractivity contribution in [1.29, 1.82) is 0 Å². The Kier molecular flexibility index (Phi) is 54.2. The molecule has 0 saturated heterocycles. The molecule has 262 valence electrons. The molecular formula is C22H48N6O16. The normalized spacial score (nSPS) is 8.50. The highest BCUT2D eigenvalue weighted by molar-refractivity contribution is 5.73. The fourth-order valence-corrected chi connectivity index (χ4v) is 1.48. The Morgan fingerprint density at radius 1 is 0.386 bits per heavy atom. The average molecular weight is 653 g/mol. The molecule has 44 heavy (non-hydrogen) atoms. The fourth-order valence-electron chi connectivity index (χ4n) is 1.48. The molecule has 0 heterocycles. The van der Waals surface area contributed by atoms with Crippen LogP contribution in [-0.2, 0) is 38.4 Å². The van der Waals surface area contributed by atoms with Gasteiger partial charge in [0.25, 0.3) is 23.9 Å². The summed E-state index contributed by atoms with van der Waals surface area (Å²) in [6, 6.07) is 0. The second-order valence-corrected chi connectivity index (χ2v) is 7.23. The molecule has 0 amide bonds. The van der Waals surface area contributed by atoms with Gasteiger partial charge in [-0.15, -0.1) is 0 Å². The summed E-state index contributed by atoms with van der Waals surface area (Å²) in [5, 5.41) is 64.1. The van der Waals surface area contributed by atoms with Crippen molar-refractivity contribution in [3.05, 3.63) is 0 Å². The Morgan fingerprint density at radius 2 is 0.500 bits per heavy atom. The van der Waals surface area contributed by atoms with Gasteiger partial charge in [-0.1, -0.05) is 0 Å². The minimum atomic E-state index is -1.23. The maximum absolute atomic E-state index is 10.6. The van der Waals surface area contributed by atoms with Crippen LogP contribution in [0.15, 0.2) is 0 Å². The number of hydrogen-bond acceptors (Lipinski definition) is 14. The third kappa shape index (κ3) is 146. The zero-order chi connectivity index (χ0) is 36.8. The van der Waals surface area contributed by atoms with E-state index < -0.39 is 73.9 Å². The van der Waals surface area contributed by atoms with Gasteiger partial charge >= 0.3 is 23.9 Å². The molecule has 0 aromatic rings. The van der Waals surface area contributed by atoms with Crippen LogP contribution in [0.5, 0.6) is 0 Å². The van der Waals surface area contributed by atoms with Gasteiger partial charge in [0.2, 0.25) is 0 Å². The summed E-state index contributed by atoms with van der Waals surface area (Å²) < 4.78 is 0. The molecule has 0 spiro atoms. The summed E-state index contributed by atoms with van der Waals surface area (Å²) in [6.45, 7) is 4.47. The van der Waals surface area contributed by atoms with Crippen LogP contribution in [0, 0.1) is 0 Å². The lowest BCUT2D eigenvalue weighted by atomic mass is 10.4. The summed E-state index contributed by atoms with van der Waals surface area (Å²) in [5.74, 6) is -8.24. The van der Waals surface area contributed by atoms with Crippen molar-refractivity contribution >= 4 is 47.8 Å². The largest absolute Gasteiger partial charge is 0.481 e. The van der Waals surface area contributed by atoms with Crippen molar-refractivity contribution < 1.29 is 79.2 Å². The van der Waals surface area contributed by atoms with E-state index in [0.29, 0.717) is 26.2 Å². The summed E-state index contributed by atoms with van der Waals surface area (Å²) in [7, 11) is 0. The fraction of sp³-hybridized carbons (Fsp3) is 0.636. The maximum atomic E-state index is 10.6. The molecule has 0 aliphatic carbocycles. The Hall–Kier alpha value is -4.48. The maximum Gasteiger partial charge on any atom is 0.317 e. The Bertz CT molecular complexity index is 659. The Balaban J connectivity index is -0.0000000919. The van der Waals surface area contributed by atoms with Crippen LogP contribution in [0.4, 0.5) is 0 Å². The van der Waals surface area contributed by atoms with E-state index in [0.717, 1.165) is 37.5 Å². The first kappa shape index (κ1) is 55.4. The molecule has 0 atom stereocenters. The van der Waals surface area contributed by atoms with E-state index in [1.807, 2.05) is 0 Å². The van der Waals surface area contributed by atoms with Crippen LogP contribution in [0.2, 0.25) is 0 Å². The van der Waals surface area contributed by atoms with Gasteiger partial charge in [0.15, 0.2) is 0 Å². The number of nitrogens with two attached hydrogens (primary N) is 4. The molecule has 0 aliphatic rings. The second-order valence-electron chi connectivity index (χ2n) is 7.23. The lowest BCUT2D eigenvalue weighted by molar-refractivity contribution is -0.145. The predicted octanol–water partition coefficient (Wildman–Crippen LogP) is -3.90. The van der Waals surface area contributed by atoms with Crippen molar-refractivity contribution in [2.24, 2.45) is 22.9 Å². The predicted molar refractivity (Wildman–Crippen MR) is 153 cm³/mol. The van der Waals surface area contributed by atoms with E-state index in [-0.39, 0.29) is 13.1 Å². The summed E-state index contributed by atoms with van der Waals surface area (Å²) in [6.07, 6.45) is 0. The van der Waals surface area contributed by atoms with Crippen LogP contribution in [0.1, 0.15) is 27.7 Å². The minimum absolute atomic E-state index is 0.0703. The lowest BCUT2D eigenvalue weighted by Gasteiger charge is -2.23. The third-order valence-electron chi connectivity index (χ3n) is 2.50. The first-order valence-electron chi connectivity index (χ1n) is 11.9. The van der Waals surface area contributed by atoms with Crippen LogP contribution < -0.4 is 22.9 Å². The molecule has 0 unspecified atom stereocenters. The number of hydrogen-bond donors (Lipinski definition) is 12. The Labute approximate surface area is 253 Å². The van der Waals surface area contributed by atoms with E-state index in [2.05, 4.69) is 0 Å². The van der Waals surface area contributed by atoms with Gasteiger partial charge in [-0.05, 0) is 0 Å². The summed E-state index contributed by atoms with van der Waals surface area (Å²) in [5.41, 5.74) is 19.6.